The van der Waals surface area contributed by atoms with E-state index in [0.717, 1.165) is 31.9 Å². The Morgan fingerprint density at radius 3 is 2.66 bits per heavy atom. The van der Waals surface area contributed by atoms with E-state index < -0.39 is 21.9 Å². The van der Waals surface area contributed by atoms with Crippen LogP contribution in [-0.2, 0) is 19.6 Å². The van der Waals surface area contributed by atoms with E-state index in [9.17, 15) is 18.3 Å². The number of benzene rings is 2. The van der Waals surface area contributed by atoms with Crippen LogP contribution >= 0.6 is 0 Å². The first-order valence-corrected chi connectivity index (χ1v) is 10.7. The van der Waals surface area contributed by atoms with Gasteiger partial charge < -0.3 is 19.3 Å². The zero-order chi connectivity index (χ0) is 20.6. The van der Waals surface area contributed by atoms with Crippen molar-refractivity contribution in [3.05, 3.63) is 54.1 Å². The van der Waals surface area contributed by atoms with Crippen molar-refractivity contribution in [2.75, 3.05) is 7.11 Å². The fourth-order valence-electron chi connectivity index (χ4n) is 3.85. The molecule has 8 nitrogen and oxygen atoms in total. The first-order valence-electron chi connectivity index (χ1n) is 9.22. The van der Waals surface area contributed by atoms with Crippen LogP contribution in [0.25, 0.3) is 0 Å². The number of methoxy groups -OCH3 is 1. The molecular formula is C20H21NO7S. The van der Waals surface area contributed by atoms with Crippen molar-refractivity contribution < 1.29 is 32.5 Å². The molecule has 2 aromatic rings. The van der Waals surface area contributed by atoms with Crippen molar-refractivity contribution in [3.63, 3.8) is 0 Å². The van der Waals surface area contributed by atoms with Gasteiger partial charge in [0.2, 0.25) is 10.0 Å². The predicted molar refractivity (Wildman–Crippen MR) is 102 cm³/mol. The van der Waals surface area contributed by atoms with Gasteiger partial charge in [0.25, 0.3) is 0 Å². The monoisotopic (exact) mass is 419 g/mol. The smallest absolute Gasteiger partial charge is 0.398 e. The van der Waals surface area contributed by atoms with Gasteiger partial charge in [-0.3, -0.25) is 0 Å². The van der Waals surface area contributed by atoms with Crippen molar-refractivity contribution in [2.24, 2.45) is 0 Å². The lowest BCUT2D eigenvalue weighted by Crippen LogP contribution is -2.59. The maximum absolute atomic E-state index is 12.7. The number of esters is 1. The number of hydrogen-bond donors (Lipinski definition) is 2. The van der Waals surface area contributed by atoms with Crippen molar-refractivity contribution in [3.8, 4) is 11.5 Å². The molecule has 154 valence electrons. The molecule has 1 aliphatic carbocycles. The highest BCUT2D eigenvalue weighted by Crippen LogP contribution is 2.51. The highest BCUT2D eigenvalue weighted by atomic mass is 32.2. The third-order valence-corrected chi connectivity index (χ3v) is 6.61. The maximum atomic E-state index is 12.7. The molecule has 9 heteroatoms. The number of aliphatic hydroxyl groups is 1. The first kappa shape index (κ1) is 19.7. The van der Waals surface area contributed by atoms with Gasteiger partial charge in [-0.05, 0) is 37.5 Å². The molecule has 4 rings (SSSR count). The third kappa shape index (κ3) is 3.57. The number of carbonyl (C=O) groups excluding carboxylic acids is 1. The van der Waals surface area contributed by atoms with Crippen LogP contribution in [-0.4, -0.2) is 38.6 Å². The number of nitrogens with one attached hydrogen (secondary N) is 1. The van der Waals surface area contributed by atoms with E-state index in [2.05, 4.69) is 4.74 Å². The van der Waals surface area contributed by atoms with Crippen LogP contribution in [0, 0.1) is 0 Å². The zero-order valence-electron chi connectivity index (χ0n) is 15.7. The Morgan fingerprint density at radius 2 is 1.93 bits per heavy atom. The molecule has 2 aromatic carbocycles. The lowest BCUT2D eigenvalue weighted by Gasteiger charge is -2.27. The van der Waals surface area contributed by atoms with Gasteiger partial charge in [0.1, 0.15) is 6.10 Å². The van der Waals surface area contributed by atoms with E-state index in [-0.39, 0.29) is 22.7 Å². The predicted octanol–water partition coefficient (Wildman–Crippen LogP) is 1.89. The van der Waals surface area contributed by atoms with Gasteiger partial charge in [0.15, 0.2) is 11.5 Å². The van der Waals surface area contributed by atoms with Crippen LogP contribution < -0.4 is 14.2 Å². The molecule has 1 aliphatic heterocycles. The van der Waals surface area contributed by atoms with E-state index in [0.29, 0.717) is 5.75 Å². The third-order valence-electron chi connectivity index (χ3n) is 5.18. The molecule has 0 spiro atoms. The van der Waals surface area contributed by atoms with Crippen LogP contribution in [0.1, 0.15) is 30.7 Å². The van der Waals surface area contributed by atoms with Crippen LogP contribution in [0.4, 0.5) is 0 Å². The molecule has 1 heterocycles. The van der Waals surface area contributed by atoms with Gasteiger partial charge in [-0.1, -0.05) is 30.3 Å². The molecule has 1 saturated carbocycles. The van der Waals surface area contributed by atoms with E-state index >= 15 is 0 Å². The molecule has 2 N–H and O–H groups in total. The van der Waals surface area contributed by atoms with Crippen LogP contribution in [0.3, 0.4) is 0 Å². The molecule has 0 saturated heterocycles. The number of sulfonamides is 1. The van der Waals surface area contributed by atoms with Gasteiger partial charge in [0.05, 0.1) is 12.0 Å². The first-order chi connectivity index (χ1) is 13.8. The standard InChI is InChI=1S/C20H21NO7S/c1-26-19(22)20(23,21-29(24,25)13-7-3-2-4-8-13)28-17-12-6-10-15-14-9-5-11-16(14)27-18(15)17/h2-4,6-8,10,12,14,16,21,23H,5,9,11H2,1H3/t14-,16?,20?/m0/s1. The Labute approximate surface area is 168 Å². The van der Waals surface area contributed by atoms with E-state index in [1.165, 1.54) is 30.3 Å². The molecule has 3 atom stereocenters. The second-order valence-electron chi connectivity index (χ2n) is 7.02. The van der Waals surface area contributed by atoms with Gasteiger partial charge in [-0.25, -0.2) is 13.2 Å². The van der Waals surface area contributed by atoms with E-state index in [1.807, 2.05) is 10.8 Å². The largest absolute Gasteiger partial charge is 0.486 e. The second kappa shape index (κ2) is 7.33. The van der Waals surface area contributed by atoms with Gasteiger partial charge >= 0.3 is 11.9 Å². The van der Waals surface area contributed by atoms with E-state index in [1.54, 1.807) is 12.1 Å². The Kier molecular flexibility index (Phi) is 4.97. The average Bonchev–Trinajstić information content (AvgIpc) is 3.30. The summed E-state index contributed by atoms with van der Waals surface area (Å²) in [6.45, 7) is 0. The van der Waals surface area contributed by atoms with Crippen molar-refractivity contribution in [1.29, 1.82) is 0 Å². The number of para-hydroxylation sites is 1. The normalized spacial score (nSPS) is 22.1. The molecule has 0 aromatic heterocycles. The molecule has 1 fully saturated rings. The Morgan fingerprint density at radius 1 is 1.17 bits per heavy atom. The molecule has 0 radical (unpaired) electrons. The van der Waals surface area contributed by atoms with Crippen LogP contribution in [0.2, 0.25) is 0 Å². The lowest BCUT2D eigenvalue weighted by atomic mass is 9.97. The maximum Gasteiger partial charge on any atom is 0.398 e. The topological polar surface area (TPSA) is 111 Å². The summed E-state index contributed by atoms with van der Waals surface area (Å²) in [6.07, 6.45) is 2.95. The van der Waals surface area contributed by atoms with E-state index in [4.69, 9.17) is 9.47 Å². The molecule has 2 unspecified atom stereocenters. The highest BCUT2D eigenvalue weighted by molar-refractivity contribution is 7.89. The van der Waals surface area contributed by atoms with Crippen LogP contribution in [0.15, 0.2) is 53.4 Å². The quantitative estimate of drug-likeness (QED) is 0.543. The zero-order valence-corrected chi connectivity index (χ0v) is 16.5. The Bertz CT molecular complexity index is 1020. The summed E-state index contributed by atoms with van der Waals surface area (Å²) in [5.74, 6) is -3.60. The number of carbonyl (C=O) groups is 1. The summed E-state index contributed by atoms with van der Waals surface area (Å²) in [4.78, 5) is 12.1. The van der Waals surface area contributed by atoms with Crippen molar-refractivity contribution >= 4 is 16.0 Å². The summed E-state index contributed by atoms with van der Waals surface area (Å²) in [6, 6.07) is 12.4. The van der Waals surface area contributed by atoms with Crippen molar-refractivity contribution in [2.45, 2.75) is 42.1 Å². The summed E-state index contributed by atoms with van der Waals surface area (Å²) in [7, 11) is -3.27. The molecular weight excluding hydrogens is 398 g/mol. The number of rotatable bonds is 6. The summed E-state index contributed by atoms with van der Waals surface area (Å²) in [5.41, 5.74) is 0.920. The second-order valence-corrected chi connectivity index (χ2v) is 8.71. The minimum absolute atomic E-state index is 0.0157. The SMILES string of the molecule is COC(=O)C(O)(NS(=O)(=O)c1ccccc1)Oc1cccc2c1OC1CCC[C@@H]21. The average molecular weight is 419 g/mol. The summed E-state index contributed by atoms with van der Waals surface area (Å²) >= 11 is 0. The van der Waals surface area contributed by atoms with Gasteiger partial charge in [-0.15, -0.1) is 4.72 Å². The molecule has 0 amide bonds. The number of fused-ring (bicyclic) bond motifs is 3. The van der Waals surface area contributed by atoms with Crippen LogP contribution in [0.5, 0.6) is 11.5 Å². The van der Waals surface area contributed by atoms with Crippen molar-refractivity contribution in [1.82, 2.24) is 4.72 Å². The lowest BCUT2D eigenvalue weighted by molar-refractivity contribution is -0.201. The molecule has 2 aliphatic rings. The Balaban J connectivity index is 1.67. The summed E-state index contributed by atoms with van der Waals surface area (Å²) in [5, 5.41) is 10.8. The highest BCUT2D eigenvalue weighted by Gasteiger charge is 2.47. The minimum atomic E-state index is -4.29. The fourth-order valence-corrected chi connectivity index (χ4v) is 4.97. The van der Waals surface area contributed by atoms with Gasteiger partial charge in [0, 0.05) is 11.5 Å². The van der Waals surface area contributed by atoms with Gasteiger partial charge in [-0.2, -0.15) is 0 Å². The molecule has 0 bridgehead atoms. The summed E-state index contributed by atoms with van der Waals surface area (Å²) < 4.78 is 43.3. The Hall–Kier alpha value is -2.62. The minimum Gasteiger partial charge on any atom is -0.486 e. The fraction of sp³-hybridized carbons (Fsp3) is 0.350. The number of hydrogen-bond acceptors (Lipinski definition) is 7. The number of ether oxygens (including phenoxy) is 3. The molecule has 29 heavy (non-hydrogen) atoms.